The third-order valence-electron chi connectivity index (χ3n) is 3.27. The van der Waals surface area contributed by atoms with Crippen molar-refractivity contribution >= 4 is 40.0 Å². The molecule has 1 aromatic carbocycles. The lowest BCUT2D eigenvalue weighted by atomic mass is 10.2. The Morgan fingerprint density at radius 3 is 2.67 bits per heavy atom. The van der Waals surface area contributed by atoms with Gasteiger partial charge >= 0.3 is 5.97 Å². The molecule has 0 unspecified atom stereocenters. The van der Waals surface area contributed by atoms with Crippen molar-refractivity contribution in [1.29, 1.82) is 0 Å². The molecule has 0 bridgehead atoms. The largest absolute Gasteiger partial charge is 0.497 e. The van der Waals surface area contributed by atoms with Crippen molar-refractivity contribution in [2.45, 2.75) is 0 Å². The number of methoxy groups -OCH3 is 1. The van der Waals surface area contributed by atoms with Gasteiger partial charge in [-0.1, -0.05) is 6.07 Å². The van der Waals surface area contributed by atoms with Gasteiger partial charge in [-0.3, -0.25) is 19.2 Å². The van der Waals surface area contributed by atoms with E-state index >= 15 is 0 Å². The Labute approximate surface area is 158 Å². The van der Waals surface area contributed by atoms with Gasteiger partial charge in [0.1, 0.15) is 17.3 Å². The SMILES string of the molecule is COc1cccc(C(=O)NCC(=O)OCC(=O)Nc2sccc2C(N)=O)c1. The Balaban J connectivity index is 1.77. The van der Waals surface area contributed by atoms with Gasteiger partial charge in [0, 0.05) is 5.56 Å². The van der Waals surface area contributed by atoms with Gasteiger partial charge in [-0.05, 0) is 29.6 Å². The number of thiophene rings is 1. The van der Waals surface area contributed by atoms with E-state index in [0.717, 1.165) is 11.3 Å². The molecule has 0 atom stereocenters. The van der Waals surface area contributed by atoms with Crippen LogP contribution < -0.4 is 21.1 Å². The molecule has 0 radical (unpaired) electrons. The second-order valence-electron chi connectivity index (χ2n) is 5.15. The van der Waals surface area contributed by atoms with E-state index in [9.17, 15) is 19.2 Å². The summed E-state index contributed by atoms with van der Waals surface area (Å²) in [7, 11) is 1.47. The summed E-state index contributed by atoms with van der Waals surface area (Å²) in [4.78, 5) is 46.6. The summed E-state index contributed by atoms with van der Waals surface area (Å²) < 4.78 is 9.80. The zero-order valence-corrected chi connectivity index (χ0v) is 15.1. The molecule has 3 amide bonds. The zero-order valence-electron chi connectivity index (χ0n) is 14.3. The van der Waals surface area contributed by atoms with E-state index in [0.29, 0.717) is 11.3 Å². The van der Waals surface area contributed by atoms with Crippen LogP contribution >= 0.6 is 11.3 Å². The lowest BCUT2D eigenvalue weighted by molar-refractivity contribution is -0.146. The number of amides is 3. The molecule has 0 saturated carbocycles. The Bertz CT molecular complexity index is 864. The monoisotopic (exact) mass is 391 g/mol. The number of benzene rings is 1. The topological polar surface area (TPSA) is 137 Å². The molecule has 9 nitrogen and oxygen atoms in total. The van der Waals surface area contributed by atoms with E-state index in [1.54, 1.807) is 23.6 Å². The number of ether oxygens (including phenoxy) is 2. The minimum atomic E-state index is -0.789. The van der Waals surface area contributed by atoms with Crippen LogP contribution in [-0.2, 0) is 14.3 Å². The number of rotatable bonds is 8. The second-order valence-corrected chi connectivity index (χ2v) is 6.07. The molecule has 0 saturated heterocycles. The fraction of sp³-hybridized carbons (Fsp3) is 0.176. The normalized spacial score (nSPS) is 9.96. The molecule has 142 valence electrons. The number of carbonyl (C=O) groups excluding carboxylic acids is 4. The molecule has 0 spiro atoms. The molecule has 0 fully saturated rings. The van der Waals surface area contributed by atoms with Crippen molar-refractivity contribution in [3.63, 3.8) is 0 Å². The summed E-state index contributed by atoms with van der Waals surface area (Å²) in [5.41, 5.74) is 5.66. The quantitative estimate of drug-likeness (QED) is 0.569. The smallest absolute Gasteiger partial charge is 0.325 e. The molecule has 2 rings (SSSR count). The molecular weight excluding hydrogens is 374 g/mol. The Morgan fingerprint density at radius 1 is 1.19 bits per heavy atom. The second kappa shape index (κ2) is 9.34. The maximum atomic E-state index is 12.0. The van der Waals surface area contributed by atoms with Crippen molar-refractivity contribution in [3.8, 4) is 5.75 Å². The van der Waals surface area contributed by atoms with E-state index in [1.165, 1.54) is 19.2 Å². The molecular formula is C17H17N3O6S. The van der Waals surface area contributed by atoms with Crippen LogP contribution in [0.3, 0.4) is 0 Å². The maximum Gasteiger partial charge on any atom is 0.325 e. The van der Waals surface area contributed by atoms with E-state index in [1.807, 2.05) is 0 Å². The van der Waals surface area contributed by atoms with Gasteiger partial charge < -0.3 is 25.8 Å². The van der Waals surface area contributed by atoms with Crippen molar-refractivity contribution in [2.24, 2.45) is 5.73 Å². The van der Waals surface area contributed by atoms with Crippen LogP contribution in [0.25, 0.3) is 0 Å². The van der Waals surface area contributed by atoms with Crippen molar-refractivity contribution in [1.82, 2.24) is 5.32 Å². The molecule has 27 heavy (non-hydrogen) atoms. The number of hydrogen-bond acceptors (Lipinski definition) is 7. The number of nitrogens with one attached hydrogen (secondary N) is 2. The summed E-state index contributed by atoms with van der Waals surface area (Å²) in [6, 6.07) is 7.88. The first-order chi connectivity index (χ1) is 12.9. The van der Waals surface area contributed by atoms with Gasteiger partial charge in [-0.15, -0.1) is 11.3 Å². The predicted octanol–water partition coefficient (Wildman–Crippen LogP) is 0.767. The zero-order chi connectivity index (χ0) is 19.8. The van der Waals surface area contributed by atoms with Gasteiger partial charge in [0.25, 0.3) is 17.7 Å². The van der Waals surface area contributed by atoms with Gasteiger partial charge in [0.2, 0.25) is 0 Å². The van der Waals surface area contributed by atoms with Crippen LogP contribution in [0.15, 0.2) is 35.7 Å². The molecule has 10 heteroatoms. The first-order valence-electron chi connectivity index (χ1n) is 7.65. The molecule has 4 N–H and O–H groups in total. The first-order valence-corrected chi connectivity index (χ1v) is 8.53. The highest BCUT2D eigenvalue weighted by atomic mass is 32.1. The molecule has 1 aromatic heterocycles. The van der Waals surface area contributed by atoms with Gasteiger partial charge in [-0.2, -0.15) is 0 Å². The highest BCUT2D eigenvalue weighted by molar-refractivity contribution is 7.14. The third-order valence-corrected chi connectivity index (χ3v) is 4.10. The van der Waals surface area contributed by atoms with Crippen LogP contribution in [0.2, 0.25) is 0 Å². The van der Waals surface area contributed by atoms with Crippen molar-refractivity contribution in [3.05, 3.63) is 46.8 Å². The van der Waals surface area contributed by atoms with E-state index in [2.05, 4.69) is 10.6 Å². The maximum absolute atomic E-state index is 12.0. The molecule has 1 heterocycles. The van der Waals surface area contributed by atoms with Crippen LogP contribution in [0.5, 0.6) is 5.75 Å². The molecule has 0 aliphatic carbocycles. The molecule has 0 aliphatic heterocycles. The summed E-state index contributed by atoms with van der Waals surface area (Å²) in [5.74, 6) is -2.08. The average Bonchev–Trinajstić information content (AvgIpc) is 3.12. The lowest BCUT2D eigenvalue weighted by Crippen LogP contribution is -2.32. The van der Waals surface area contributed by atoms with Gasteiger partial charge in [-0.25, -0.2) is 0 Å². The third kappa shape index (κ3) is 5.82. The predicted molar refractivity (Wildman–Crippen MR) is 97.8 cm³/mol. The Hall–Kier alpha value is -3.40. The molecule has 2 aromatic rings. The van der Waals surface area contributed by atoms with E-state index in [4.69, 9.17) is 15.2 Å². The van der Waals surface area contributed by atoms with Crippen LogP contribution in [0.4, 0.5) is 5.00 Å². The van der Waals surface area contributed by atoms with E-state index in [-0.39, 0.29) is 10.6 Å². The highest BCUT2D eigenvalue weighted by Crippen LogP contribution is 2.22. The summed E-state index contributed by atoms with van der Waals surface area (Å²) in [5, 5.41) is 6.68. The minimum absolute atomic E-state index is 0.172. The molecule has 0 aliphatic rings. The fourth-order valence-electron chi connectivity index (χ4n) is 1.98. The number of esters is 1. The van der Waals surface area contributed by atoms with E-state index < -0.39 is 36.8 Å². The number of hydrogen-bond donors (Lipinski definition) is 3. The number of anilines is 1. The summed E-state index contributed by atoms with van der Waals surface area (Å²) >= 11 is 1.11. The van der Waals surface area contributed by atoms with Crippen LogP contribution in [0, 0.1) is 0 Å². The fourth-order valence-corrected chi connectivity index (χ4v) is 2.79. The Kier molecular flexibility index (Phi) is 6.89. The number of carbonyl (C=O) groups is 4. The first kappa shape index (κ1) is 19.9. The summed E-state index contributed by atoms with van der Waals surface area (Å²) in [6.07, 6.45) is 0. The minimum Gasteiger partial charge on any atom is -0.497 e. The van der Waals surface area contributed by atoms with Gasteiger partial charge in [0.15, 0.2) is 6.61 Å². The Morgan fingerprint density at radius 2 is 1.96 bits per heavy atom. The van der Waals surface area contributed by atoms with Crippen molar-refractivity contribution in [2.75, 3.05) is 25.6 Å². The standard InChI is InChI=1S/C17H17N3O6S/c1-25-11-4-2-3-10(7-11)16(24)19-8-14(22)26-9-13(21)20-17-12(15(18)23)5-6-27-17/h2-7H,8-9H2,1H3,(H2,18,23)(H,19,24)(H,20,21). The number of nitrogens with two attached hydrogens (primary N) is 1. The lowest BCUT2D eigenvalue weighted by Gasteiger charge is -2.08. The summed E-state index contributed by atoms with van der Waals surface area (Å²) in [6.45, 7) is -0.973. The highest BCUT2D eigenvalue weighted by Gasteiger charge is 2.15. The average molecular weight is 391 g/mol. The van der Waals surface area contributed by atoms with Gasteiger partial charge in [0.05, 0.1) is 12.7 Å². The van der Waals surface area contributed by atoms with Crippen molar-refractivity contribution < 1.29 is 28.7 Å². The van der Waals surface area contributed by atoms with Crippen LogP contribution in [0.1, 0.15) is 20.7 Å². The van der Waals surface area contributed by atoms with Crippen LogP contribution in [-0.4, -0.2) is 44.0 Å². The number of primary amides is 1.